The number of methoxy groups -OCH3 is 1. The highest BCUT2D eigenvalue weighted by atomic mass is 32.2. The van der Waals surface area contributed by atoms with E-state index in [0.717, 1.165) is 18.4 Å². The van der Waals surface area contributed by atoms with Gasteiger partial charge in [-0.05, 0) is 24.1 Å². The zero-order valence-corrected chi connectivity index (χ0v) is 12.5. The van der Waals surface area contributed by atoms with Crippen LogP contribution in [0.25, 0.3) is 0 Å². The molecule has 0 aromatic heterocycles. The quantitative estimate of drug-likeness (QED) is 0.707. The maximum Gasteiger partial charge on any atom is 0.208 e. The fraction of sp³-hybridized carbons (Fsp3) is 0.538. The first-order valence-electron chi connectivity index (χ1n) is 6.28. The lowest BCUT2D eigenvalue weighted by atomic mass is 10.0. The van der Waals surface area contributed by atoms with Crippen LogP contribution in [0.4, 0.5) is 0 Å². The van der Waals surface area contributed by atoms with Crippen LogP contribution in [0.5, 0.6) is 5.75 Å². The van der Waals surface area contributed by atoms with Crippen molar-refractivity contribution in [3.63, 3.8) is 0 Å². The number of nitrogens with one attached hydrogen (secondary N) is 2. The first-order chi connectivity index (χ1) is 8.96. The van der Waals surface area contributed by atoms with Gasteiger partial charge in [-0.2, -0.15) is 0 Å². The summed E-state index contributed by atoms with van der Waals surface area (Å²) in [6, 6.07) is 8.10. The summed E-state index contributed by atoms with van der Waals surface area (Å²) in [7, 11) is -1.47. The topological polar surface area (TPSA) is 67.4 Å². The molecule has 5 nitrogen and oxygen atoms in total. The summed E-state index contributed by atoms with van der Waals surface area (Å²) in [5, 5.41) is 3.33. The molecular weight excluding hydrogens is 264 g/mol. The maximum absolute atomic E-state index is 10.9. The predicted molar refractivity (Wildman–Crippen MR) is 76.9 cm³/mol. The fourth-order valence-corrected chi connectivity index (χ4v) is 2.29. The Labute approximate surface area is 115 Å². The van der Waals surface area contributed by atoms with Crippen LogP contribution in [0.15, 0.2) is 24.3 Å². The molecule has 0 fully saturated rings. The van der Waals surface area contributed by atoms with Crippen molar-refractivity contribution in [1.82, 2.24) is 10.0 Å². The summed E-state index contributed by atoms with van der Waals surface area (Å²) < 4.78 is 29.4. The van der Waals surface area contributed by atoms with E-state index >= 15 is 0 Å². The molecule has 19 heavy (non-hydrogen) atoms. The van der Waals surface area contributed by atoms with Gasteiger partial charge in [-0.1, -0.05) is 19.1 Å². The SMILES string of the molecule is CCC(NCCNS(C)(=O)=O)c1ccc(OC)cc1. The van der Waals surface area contributed by atoms with Crippen molar-refractivity contribution in [3.05, 3.63) is 29.8 Å². The van der Waals surface area contributed by atoms with Crippen LogP contribution in [0.3, 0.4) is 0 Å². The van der Waals surface area contributed by atoms with Crippen molar-refractivity contribution in [1.29, 1.82) is 0 Å². The van der Waals surface area contributed by atoms with Crippen molar-refractivity contribution < 1.29 is 13.2 Å². The summed E-state index contributed by atoms with van der Waals surface area (Å²) in [6.45, 7) is 3.08. The van der Waals surface area contributed by atoms with E-state index in [4.69, 9.17) is 4.74 Å². The largest absolute Gasteiger partial charge is 0.497 e. The number of sulfonamides is 1. The Morgan fingerprint density at radius 3 is 2.32 bits per heavy atom. The first kappa shape index (κ1) is 15.9. The molecule has 0 bridgehead atoms. The second-order valence-electron chi connectivity index (χ2n) is 4.35. The number of benzene rings is 1. The zero-order chi connectivity index (χ0) is 14.3. The molecule has 0 heterocycles. The van der Waals surface area contributed by atoms with Gasteiger partial charge in [-0.25, -0.2) is 13.1 Å². The van der Waals surface area contributed by atoms with E-state index in [1.165, 1.54) is 5.56 Å². The van der Waals surface area contributed by atoms with Gasteiger partial charge in [0, 0.05) is 19.1 Å². The van der Waals surface area contributed by atoms with Gasteiger partial charge in [-0.15, -0.1) is 0 Å². The Hall–Kier alpha value is -1.11. The van der Waals surface area contributed by atoms with Crippen LogP contribution >= 0.6 is 0 Å². The second-order valence-corrected chi connectivity index (χ2v) is 6.19. The molecule has 0 aliphatic carbocycles. The van der Waals surface area contributed by atoms with E-state index in [1.54, 1.807) is 7.11 Å². The molecule has 1 rings (SSSR count). The number of hydrogen-bond acceptors (Lipinski definition) is 4. The number of hydrogen-bond donors (Lipinski definition) is 2. The predicted octanol–water partition coefficient (Wildman–Crippen LogP) is 1.29. The summed E-state index contributed by atoms with van der Waals surface area (Å²) in [5.74, 6) is 0.831. The van der Waals surface area contributed by atoms with Gasteiger partial charge in [0.2, 0.25) is 10.0 Å². The van der Waals surface area contributed by atoms with Gasteiger partial charge < -0.3 is 10.1 Å². The maximum atomic E-state index is 10.9. The lowest BCUT2D eigenvalue weighted by Gasteiger charge is -2.17. The molecule has 0 aliphatic heterocycles. The monoisotopic (exact) mass is 286 g/mol. The highest BCUT2D eigenvalue weighted by Gasteiger charge is 2.08. The minimum atomic E-state index is -3.11. The van der Waals surface area contributed by atoms with Crippen LogP contribution in [-0.2, 0) is 10.0 Å². The zero-order valence-electron chi connectivity index (χ0n) is 11.6. The minimum absolute atomic E-state index is 0.215. The lowest BCUT2D eigenvalue weighted by molar-refractivity contribution is 0.414. The molecule has 0 amide bonds. The molecule has 1 unspecified atom stereocenters. The minimum Gasteiger partial charge on any atom is -0.497 e. The molecule has 108 valence electrons. The number of rotatable bonds is 8. The highest BCUT2D eigenvalue weighted by molar-refractivity contribution is 7.88. The molecular formula is C13H22N2O3S. The Bertz CT molecular complexity index is 471. The summed E-state index contributed by atoms with van der Waals surface area (Å²) in [4.78, 5) is 0. The molecule has 0 spiro atoms. The lowest BCUT2D eigenvalue weighted by Crippen LogP contribution is -2.32. The van der Waals surface area contributed by atoms with Crippen molar-refractivity contribution in [2.45, 2.75) is 19.4 Å². The van der Waals surface area contributed by atoms with Gasteiger partial charge in [0.05, 0.1) is 13.4 Å². The average Bonchev–Trinajstić information content (AvgIpc) is 2.38. The third-order valence-electron chi connectivity index (χ3n) is 2.81. The van der Waals surface area contributed by atoms with Crippen LogP contribution < -0.4 is 14.8 Å². The van der Waals surface area contributed by atoms with E-state index in [1.807, 2.05) is 24.3 Å². The molecule has 6 heteroatoms. The summed E-state index contributed by atoms with van der Waals surface area (Å²) >= 11 is 0. The highest BCUT2D eigenvalue weighted by Crippen LogP contribution is 2.19. The molecule has 0 saturated carbocycles. The third-order valence-corrected chi connectivity index (χ3v) is 3.53. The van der Waals surface area contributed by atoms with Gasteiger partial charge in [0.15, 0.2) is 0 Å². The van der Waals surface area contributed by atoms with Gasteiger partial charge >= 0.3 is 0 Å². The van der Waals surface area contributed by atoms with Crippen molar-refractivity contribution >= 4 is 10.0 Å². The summed E-state index contributed by atoms with van der Waals surface area (Å²) in [6.07, 6.45) is 2.10. The van der Waals surface area contributed by atoms with Gasteiger partial charge in [-0.3, -0.25) is 0 Å². The van der Waals surface area contributed by atoms with Crippen LogP contribution in [0.2, 0.25) is 0 Å². The standard InChI is InChI=1S/C13H22N2O3S/c1-4-13(14-9-10-15-19(3,16)17)11-5-7-12(18-2)8-6-11/h5-8,13-15H,4,9-10H2,1-3H3. The van der Waals surface area contributed by atoms with E-state index in [9.17, 15) is 8.42 Å². The normalized spacial score (nSPS) is 13.2. The molecule has 1 atom stereocenters. The Morgan fingerprint density at radius 2 is 1.84 bits per heavy atom. The average molecular weight is 286 g/mol. The van der Waals surface area contributed by atoms with E-state index in [-0.39, 0.29) is 6.04 Å². The van der Waals surface area contributed by atoms with Gasteiger partial charge in [0.1, 0.15) is 5.75 Å². The first-order valence-corrected chi connectivity index (χ1v) is 8.17. The molecule has 0 saturated heterocycles. The third kappa shape index (κ3) is 6.04. The summed E-state index contributed by atoms with van der Waals surface area (Å²) in [5.41, 5.74) is 1.17. The van der Waals surface area contributed by atoms with Crippen molar-refractivity contribution in [2.24, 2.45) is 0 Å². The number of ether oxygens (including phenoxy) is 1. The fourth-order valence-electron chi connectivity index (χ4n) is 1.82. The van der Waals surface area contributed by atoms with Crippen LogP contribution in [0, 0.1) is 0 Å². The molecule has 0 radical (unpaired) electrons. The second kappa shape index (κ2) is 7.47. The Morgan fingerprint density at radius 1 is 1.21 bits per heavy atom. The van der Waals surface area contributed by atoms with E-state index in [2.05, 4.69) is 17.0 Å². The molecule has 1 aromatic rings. The molecule has 1 aromatic carbocycles. The Balaban J connectivity index is 2.48. The van der Waals surface area contributed by atoms with Crippen LogP contribution in [0.1, 0.15) is 24.9 Å². The van der Waals surface area contributed by atoms with Crippen LogP contribution in [-0.4, -0.2) is 34.9 Å². The van der Waals surface area contributed by atoms with E-state index in [0.29, 0.717) is 13.1 Å². The smallest absolute Gasteiger partial charge is 0.208 e. The van der Waals surface area contributed by atoms with Crippen molar-refractivity contribution in [2.75, 3.05) is 26.5 Å². The van der Waals surface area contributed by atoms with Crippen molar-refractivity contribution in [3.8, 4) is 5.75 Å². The van der Waals surface area contributed by atoms with Gasteiger partial charge in [0.25, 0.3) is 0 Å². The molecule has 2 N–H and O–H groups in total. The van der Waals surface area contributed by atoms with E-state index < -0.39 is 10.0 Å². The Kier molecular flexibility index (Phi) is 6.27. The molecule has 0 aliphatic rings.